The van der Waals surface area contributed by atoms with Gasteiger partial charge >= 0.3 is 6.61 Å². The minimum absolute atomic E-state index is 0.0334. The van der Waals surface area contributed by atoms with Gasteiger partial charge in [0.25, 0.3) is 5.91 Å². The molecule has 0 unspecified atom stereocenters. The van der Waals surface area contributed by atoms with E-state index in [-0.39, 0.29) is 17.5 Å². The summed E-state index contributed by atoms with van der Waals surface area (Å²) < 4.78 is 33.8. The van der Waals surface area contributed by atoms with Crippen molar-refractivity contribution in [1.82, 2.24) is 10.9 Å². The lowest BCUT2D eigenvalue weighted by Crippen LogP contribution is -2.45. The van der Waals surface area contributed by atoms with E-state index in [9.17, 15) is 13.6 Å². The van der Waals surface area contributed by atoms with Gasteiger partial charge in [0.05, 0.1) is 0 Å². The van der Waals surface area contributed by atoms with E-state index in [1.165, 1.54) is 24.3 Å². The number of anilines is 1. The number of thiocarbonyl (C=S) groups is 1. The van der Waals surface area contributed by atoms with Gasteiger partial charge in [0.1, 0.15) is 11.5 Å². The van der Waals surface area contributed by atoms with Crippen molar-refractivity contribution < 1.29 is 23.0 Å². The maximum Gasteiger partial charge on any atom is 0.387 e. The van der Waals surface area contributed by atoms with Crippen LogP contribution in [-0.2, 0) is 4.79 Å². The monoisotopic (exact) mass is 381 g/mol. The Morgan fingerprint density at radius 3 is 2.46 bits per heavy atom. The average Bonchev–Trinajstić information content (AvgIpc) is 2.60. The molecule has 0 heterocycles. The van der Waals surface area contributed by atoms with Gasteiger partial charge in [-0.15, -0.1) is 0 Å². The maximum absolute atomic E-state index is 12.1. The Bertz CT molecular complexity index is 757. The van der Waals surface area contributed by atoms with Gasteiger partial charge in [-0.2, -0.15) is 8.78 Å². The lowest BCUT2D eigenvalue weighted by Gasteiger charge is -2.13. The zero-order valence-corrected chi connectivity index (χ0v) is 14.6. The van der Waals surface area contributed by atoms with Crippen LogP contribution in [-0.4, -0.2) is 24.2 Å². The summed E-state index contributed by atoms with van der Waals surface area (Å²) in [4.78, 5) is 11.8. The van der Waals surface area contributed by atoms with Crippen LogP contribution < -0.4 is 25.6 Å². The molecule has 3 N–H and O–H groups in total. The summed E-state index contributed by atoms with van der Waals surface area (Å²) in [6.07, 6.45) is 0. The third-order valence-electron chi connectivity index (χ3n) is 3.11. The van der Waals surface area contributed by atoms with Crippen molar-refractivity contribution in [1.29, 1.82) is 0 Å². The number of carbonyl (C=O) groups excluding carboxylic acids is 1. The number of hydrazine groups is 1. The zero-order valence-electron chi connectivity index (χ0n) is 13.8. The number of amides is 1. The number of ether oxygens (including phenoxy) is 2. The molecule has 138 valence electrons. The number of para-hydroxylation sites is 1. The molecule has 0 saturated carbocycles. The van der Waals surface area contributed by atoms with Crippen LogP contribution in [0.2, 0.25) is 0 Å². The molecular weight excluding hydrogens is 364 g/mol. The molecule has 0 bridgehead atoms. The molecule has 0 radical (unpaired) electrons. The first-order valence-corrected chi connectivity index (χ1v) is 7.94. The predicted molar refractivity (Wildman–Crippen MR) is 97.2 cm³/mol. The smallest absolute Gasteiger partial charge is 0.387 e. The van der Waals surface area contributed by atoms with E-state index >= 15 is 0 Å². The summed E-state index contributed by atoms with van der Waals surface area (Å²) in [5.41, 5.74) is 6.36. The number of halogens is 2. The quantitative estimate of drug-likeness (QED) is 0.528. The number of benzene rings is 2. The molecule has 0 atom stereocenters. The summed E-state index contributed by atoms with van der Waals surface area (Å²) in [6.45, 7) is -1.18. The number of carbonyl (C=O) groups is 1. The van der Waals surface area contributed by atoms with Crippen LogP contribution >= 0.6 is 12.2 Å². The molecule has 26 heavy (non-hydrogen) atoms. The zero-order chi connectivity index (χ0) is 18.9. The summed E-state index contributed by atoms with van der Waals surface area (Å²) in [5.74, 6) is 0.235. The van der Waals surface area contributed by atoms with Gasteiger partial charge in [-0.3, -0.25) is 15.6 Å². The molecule has 6 nitrogen and oxygen atoms in total. The van der Waals surface area contributed by atoms with Gasteiger partial charge in [0.15, 0.2) is 11.7 Å². The minimum atomic E-state index is -2.88. The average molecular weight is 381 g/mol. The Hall–Kier alpha value is -2.94. The second-order valence-corrected chi connectivity index (χ2v) is 5.49. The van der Waals surface area contributed by atoms with Crippen LogP contribution in [0.15, 0.2) is 48.5 Å². The van der Waals surface area contributed by atoms with E-state index in [0.29, 0.717) is 11.4 Å². The van der Waals surface area contributed by atoms with Crippen molar-refractivity contribution >= 4 is 28.9 Å². The van der Waals surface area contributed by atoms with Gasteiger partial charge in [0, 0.05) is 5.69 Å². The third kappa shape index (κ3) is 6.52. The molecule has 2 rings (SSSR count). The Morgan fingerprint density at radius 2 is 1.81 bits per heavy atom. The molecule has 0 fully saturated rings. The summed E-state index contributed by atoms with van der Waals surface area (Å²) in [7, 11) is 0. The van der Waals surface area contributed by atoms with Crippen LogP contribution in [0.25, 0.3) is 0 Å². The van der Waals surface area contributed by atoms with Gasteiger partial charge in [0.2, 0.25) is 0 Å². The fraction of sp³-hybridized carbons (Fsp3) is 0.176. The molecule has 0 saturated heterocycles. The Kier molecular flexibility index (Phi) is 7.10. The number of aryl methyl sites for hydroxylation is 1. The fourth-order valence-corrected chi connectivity index (χ4v) is 2.08. The fourth-order valence-electron chi connectivity index (χ4n) is 1.91. The number of alkyl halides is 2. The second-order valence-electron chi connectivity index (χ2n) is 5.08. The van der Waals surface area contributed by atoms with Crippen molar-refractivity contribution in [2.24, 2.45) is 0 Å². The number of nitrogens with one attached hydrogen (secondary N) is 3. The van der Waals surface area contributed by atoms with Crippen LogP contribution in [0, 0.1) is 6.92 Å². The number of rotatable bonds is 6. The van der Waals surface area contributed by atoms with E-state index < -0.39 is 12.5 Å². The largest absolute Gasteiger partial charge is 0.483 e. The van der Waals surface area contributed by atoms with Crippen LogP contribution in [0.1, 0.15) is 5.56 Å². The molecule has 0 aliphatic rings. The first kappa shape index (κ1) is 19.4. The first-order chi connectivity index (χ1) is 12.4. The molecule has 1 amide bonds. The van der Waals surface area contributed by atoms with Gasteiger partial charge in [-0.25, -0.2) is 0 Å². The highest BCUT2D eigenvalue weighted by molar-refractivity contribution is 7.80. The topological polar surface area (TPSA) is 71.6 Å². The summed E-state index contributed by atoms with van der Waals surface area (Å²) in [5, 5.41) is 2.90. The highest BCUT2D eigenvalue weighted by Gasteiger charge is 2.06. The standard InChI is InChI=1S/C17H17F2N3O3S/c1-11-4-2-3-5-14(11)24-10-15(23)21-22-17(26)20-12-6-8-13(9-7-12)25-16(18)19/h2-9,16H,10H2,1H3,(H,21,23)(H2,20,22,26). The molecule has 0 aromatic heterocycles. The van der Waals surface area contributed by atoms with E-state index in [2.05, 4.69) is 20.9 Å². The number of hydrogen-bond donors (Lipinski definition) is 3. The van der Waals surface area contributed by atoms with Gasteiger partial charge in [-0.1, -0.05) is 18.2 Å². The van der Waals surface area contributed by atoms with Crippen molar-refractivity contribution in [3.63, 3.8) is 0 Å². The molecule has 0 aliphatic heterocycles. The third-order valence-corrected chi connectivity index (χ3v) is 3.31. The molecule has 2 aromatic carbocycles. The molecule has 2 aromatic rings. The maximum atomic E-state index is 12.1. The van der Waals surface area contributed by atoms with E-state index in [1.54, 1.807) is 6.07 Å². The minimum Gasteiger partial charge on any atom is -0.483 e. The second kappa shape index (κ2) is 9.52. The van der Waals surface area contributed by atoms with Crippen molar-refractivity contribution in [3.05, 3.63) is 54.1 Å². The lowest BCUT2D eigenvalue weighted by molar-refractivity contribution is -0.123. The highest BCUT2D eigenvalue weighted by Crippen LogP contribution is 2.17. The molecule has 0 aliphatic carbocycles. The van der Waals surface area contributed by atoms with Crippen molar-refractivity contribution in [2.45, 2.75) is 13.5 Å². The normalized spacial score (nSPS) is 10.2. The summed E-state index contributed by atoms with van der Waals surface area (Å²) in [6, 6.07) is 13.1. The molecule has 0 spiro atoms. The first-order valence-electron chi connectivity index (χ1n) is 7.53. The summed E-state index contributed by atoms with van der Waals surface area (Å²) >= 11 is 5.03. The predicted octanol–water partition coefficient (Wildman–Crippen LogP) is 2.99. The lowest BCUT2D eigenvalue weighted by atomic mass is 10.2. The molecule has 9 heteroatoms. The van der Waals surface area contributed by atoms with Crippen LogP contribution in [0.5, 0.6) is 11.5 Å². The highest BCUT2D eigenvalue weighted by atomic mass is 32.1. The van der Waals surface area contributed by atoms with Crippen LogP contribution in [0.3, 0.4) is 0 Å². The molecular formula is C17H17F2N3O3S. The Morgan fingerprint density at radius 1 is 1.12 bits per heavy atom. The van der Waals surface area contributed by atoms with Crippen molar-refractivity contribution in [3.8, 4) is 11.5 Å². The Balaban J connectivity index is 1.72. The number of hydrogen-bond acceptors (Lipinski definition) is 4. The van der Waals surface area contributed by atoms with Gasteiger partial charge in [-0.05, 0) is 55.0 Å². The van der Waals surface area contributed by atoms with Crippen LogP contribution in [0.4, 0.5) is 14.5 Å². The van der Waals surface area contributed by atoms with E-state index in [4.69, 9.17) is 17.0 Å². The van der Waals surface area contributed by atoms with Crippen molar-refractivity contribution in [2.75, 3.05) is 11.9 Å². The van der Waals surface area contributed by atoms with E-state index in [0.717, 1.165) is 5.56 Å². The SMILES string of the molecule is Cc1ccccc1OCC(=O)NNC(=S)Nc1ccc(OC(F)F)cc1. The van der Waals surface area contributed by atoms with E-state index in [1.807, 2.05) is 25.1 Å². The van der Waals surface area contributed by atoms with Gasteiger partial charge < -0.3 is 14.8 Å². The Labute approximate surface area is 154 Å².